The summed E-state index contributed by atoms with van der Waals surface area (Å²) in [5.74, 6) is 1.36. The molecule has 0 saturated carbocycles. The van der Waals surface area contributed by atoms with Gasteiger partial charge in [0.05, 0.1) is 18.9 Å². The molecule has 0 aliphatic rings. The van der Waals surface area contributed by atoms with Crippen LogP contribution >= 0.6 is 11.6 Å². The van der Waals surface area contributed by atoms with Crippen LogP contribution in [0.4, 0.5) is 0 Å². The Morgan fingerprint density at radius 2 is 2.22 bits per heavy atom. The van der Waals surface area contributed by atoms with Crippen molar-refractivity contribution in [3.05, 3.63) is 35.7 Å². The second-order valence-electron chi connectivity index (χ2n) is 3.69. The van der Waals surface area contributed by atoms with Crippen molar-refractivity contribution in [1.82, 2.24) is 19.9 Å². The standard InChI is InChI=1S/C12H9ClN4O/c1-18-10-3-2-7(13)4-8(10)11-16-9-5-14-6-15-12(9)17-11/h2-6H,1H3,(H,14,15,16,17). The van der Waals surface area contributed by atoms with Crippen LogP contribution in [0.3, 0.4) is 0 Å². The highest BCUT2D eigenvalue weighted by Crippen LogP contribution is 2.31. The van der Waals surface area contributed by atoms with Gasteiger partial charge in [-0.2, -0.15) is 0 Å². The number of nitrogens with zero attached hydrogens (tertiary/aromatic N) is 3. The van der Waals surface area contributed by atoms with Crippen LogP contribution in [0.25, 0.3) is 22.6 Å². The summed E-state index contributed by atoms with van der Waals surface area (Å²) in [4.78, 5) is 15.5. The summed E-state index contributed by atoms with van der Waals surface area (Å²) < 4.78 is 5.30. The summed E-state index contributed by atoms with van der Waals surface area (Å²) >= 11 is 6.00. The van der Waals surface area contributed by atoms with E-state index in [9.17, 15) is 0 Å². The van der Waals surface area contributed by atoms with Crippen LogP contribution in [-0.2, 0) is 0 Å². The number of methoxy groups -OCH3 is 1. The number of imidazole rings is 1. The van der Waals surface area contributed by atoms with Crippen LogP contribution in [0.1, 0.15) is 0 Å². The van der Waals surface area contributed by atoms with Gasteiger partial charge in [-0.25, -0.2) is 15.0 Å². The van der Waals surface area contributed by atoms with Gasteiger partial charge >= 0.3 is 0 Å². The van der Waals surface area contributed by atoms with E-state index in [0.717, 1.165) is 11.1 Å². The van der Waals surface area contributed by atoms with Crippen molar-refractivity contribution < 1.29 is 4.74 Å². The van der Waals surface area contributed by atoms with Gasteiger partial charge in [-0.05, 0) is 18.2 Å². The molecule has 0 amide bonds. The first-order valence-electron chi connectivity index (χ1n) is 5.27. The maximum atomic E-state index is 6.00. The molecule has 0 fully saturated rings. The van der Waals surface area contributed by atoms with E-state index in [0.29, 0.717) is 22.2 Å². The number of hydrogen-bond donors (Lipinski definition) is 1. The van der Waals surface area contributed by atoms with Crippen molar-refractivity contribution in [2.45, 2.75) is 0 Å². The topological polar surface area (TPSA) is 63.7 Å². The van der Waals surface area contributed by atoms with Crippen LogP contribution in [0.2, 0.25) is 5.02 Å². The number of ether oxygens (including phenoxy) is 1. The number of nitrogens with one attached hydrogen (secondary N) is 1. The Bertz CT molecular complexity index is 677. The van der Waals surface area contributed by atoms with Crippen LogP contribution in [0.15, 0.2) is 30.7 Å². The molecule has 6 heteroatoms. The molecule has 0 spiro atoms. The quantitative estimate of drug-likeness (QED) is 0.769. The van der Waals surface area contributed by atoms with Gasteiger partial charge in [-0.3, -0.25) is 0 Å². The number of H-pyrrole nitrogens is 1. The predicted octanol–water partition coefficient (Wildman–Crippen LogP) is 2.68. The third-order valence-electron chi connectivity index (χ3n) is 2.58. The van der Waals surface area contributed by atoms with E-state index in [1.165, 1.54) is 6.33 Å². The van der Waals surface area contributed by atoms with Gasteiger partial charge in [0, 0.05) is 5.02 Å². The third kappa shape index (κ3) is 1.78. The monoisotopic (exact) mass is 260 g/mol. The Kier molecular flexibility index (Phi) is 2.60. The van der Waals surface area contributed by atoms with E-state index < -0.39 is 0 Å². The molecule has 2 heterocycles. The lowest BCUT2D eigenvalue weighted by Crippen LogP contribution is -1.89. The van der Waals surface area contributed by atoms with Crippen molar-refractivity contribution >= 4 is 22.8 Å². The largest absolute Gasteiger partial charge is 0.496 e. The summed E-state index contributed by atoms with van der Waals surface area (Å²) in [6.07, 6.45) is 3.14. The molecule has 0 aliphatic carbocycles. The van der Waals surface area contributed by atoms with Crippen molar-refractivity contribution in [2.24, 2.45) is 0 Å². The molecule has 18 heavy (non-hydrogen) atoms. The molecule has 0 unspecified atom stereocenters. The van der Waals surface area contributed by atoms with Crippen LogP contribution in [0, 0.1) is 0 Å². The van der Waals surface area contributed by atoms with Gasteiger partial charge in [0.15, 0.2) is 5.65 Å². The highest BCUT2D eigenvalue weighted by atomic mass is 35.5. The molecular weight excluding hydrogens is 252 g/mol. The van der Waals surface area contributed by atoms with Gasteiger partial charge in [0.25, 0.3) is 0 Å². The van der Waals surface area contributed by atoms with Crippen molar-refractivity contribution in [1.29, 1.82) is 0 Å². The number of benzene rings is 1. The molecule has 0 aliphatic heterocycles. The third-order valence-corrected chi connectivity index (χ3v) is 2.81. The van der Waals surface area contributed by atoms with Crippen molar-refractivity contribution in [2.75, 3.05) is 7.11 Å². The Hall–Kier alpha value is -2.14. The highest BCUT2D eigenvalue weighted by molar-refractivity contribution is 6.30. The molecule has 0 bridgehead atoms. The summed E-state index contributed by atoms with van der Waals surface area (Å²) in [7, 11) is 1.61. The number of aromatic amines is 1. The van der Waals surface area contributed by atoms with E-state index in [-0.39, 0.29) is 0 Å². The fourth-order valence-electron chi connectivity index (χ4n) is 1.75. The molecule has 2 aromatic heterocycles. The normalized spacial score (nSPS) is 10.8. The Morgan fingerprint density at radius 1 is 1.33 bits per heavy atom. The lowest BCUT2D eigenvalue weighted by molar-refractivity contribution is 0.416. The number of fused-ring (bicyclic) bond motifs is 1. The number of hydrogen-bond acceptors (Lipinski definition) is 4. The first kappa shape index (κ1) is 11.0. The molecule has 1 aromatic carbocycles. The number of halogens is 1. The van der Waals surface area contributed by atoms with E-state index in [4.69, 9.17) is 16.3 Å². The Morgan fingerprint density at radius 3 is 3.00 bits per heavy atom. The minimum Gasteiger partial charge on any atom is -0.496 e. The molecule has 0 saturated heterocycles. The zero-order valence-corrected chi connectivity index (χ0v) is 10.3. The molecule has 1 N–H and O–H groups in total. The van der Waals surface area contributed by atoms with Crippen molar-refractivity contribution in [3.63, 3.8) is 0 Å². The second-order valence-corrected chi connectivity index (χ2v) is 4.13. The van der Waals surface area contributed by atoms with E-state index in [1.807, 2.05) is 0 Å². The summed E-state index contributed by atoms with van der Waals surface area (Å²) in [6, 6.07) is 5.37. The average molecular weight is 261 g/mol. The zero-order valence-electron chi connectivity index (χ0n) is 9.51. The highest BCUT2D eigenvalue weighted by Gasteiger charge is 2.11. The van der Waals surface area contributed by atoms with Crippen molar-refractivity contribution in [3.8, 4) is 17.1 Å². The molecule has 0 radical (unpaired) electrons. The van der Waals surface area contributed by atoms with Gasteiger partial charge in [-0.15, -0.1) is 0 Å². The maximum Gasteiger partial charge on any atom is 0.181 e. The Labute approximate surface area is 108 Å². The average Bonchev–Trinajstić information content (AvgIpc) is 2.82. The first-order valence-corrected chi connectivity index (χ1v) is 5.65. The fraction of sp³-hybridized carbons (Fsp3) is 0.0833. The molecular formula is C12H9ClN4O. The Balaban J connectivity index is 2.22. The zero-order chi connectivity index (χ0) is 12.5. The van der Waals surface area contributed by atoms with E-state index >= 15 is 0 Å². The van der Waals surface area contributed by atoms with E-state index in [1.54, 1.807) is 31.5 Å². The SMILES string of the molecule is COc1ccc(Cl)cc1-c1nc2ncncc2[nH]1. The van der Waals surface area contributed by atoms with Gasteiger partial charge in [0.1, 0.15) is 23.4 Å². The minimum atomic E-state index is 0.613. The molecule has 0 atom stereocenters. The van der Waals surface area contributed by atoms with E-state index in [2.05, 4.69) is 19.9 Å². The van der Waals surface area contributed by atoms with Crippen LogP contribution in [0.5, 0.6) is 5.75 Å². The van der Waals surface area contributed by atoms with Gasteiger partial charge in [0.2, 0.25) is 0 Å². The maximum absolute atomic E-state index is 6.00. The van der Waals surface area contributed by atoms with Crippen LogP contribution in [-0.4, -0.2) is 27.0 Å². The smallest absolute Gasteiger partial charge is 0.181 e. The van der Waals surface area contributed by atoms with Gasteiger partial charge in [-0.1, -0.05) is 11.6 Å². The fourth-order valence-corrected chi connectivity index (χ4v) is 1.93. The second kappa shape index (κ2) is 4.27. The molecule has 90 valence electrons. The summed E-state index contributed by atoms with van der Waals surface area (Å²) in [5.41, 5.74) is 2.18. The lowest BCUT2D eigenvalue weighted by Gasteiger charge is -2.05. The van der Waals surface area contributed by atoms with Crippen LogP contribution < -0.4 is 4.74 Å². The molecule has 3 aromatic rings. The molecule has 3 rings (SSSR count). The first-order chi connectivity index (χ1) is 8.78. The molecule has 5 nitrogen and oxygen atoms in total. The predicted molar refractivity (Wildman–Crippen MR) is 68.7 cm³/mol. The summed E-state index contributed by atoms with van der Waals surface area (Å²) in [5, 5.41) is 0.623. The minimum absolute atomic E-state index is 0.613. The number of rotatable bonds is 2. The lowest BCUT2D eigenvalue weighted by atomic mass is 10.2. The van der Waals surface area contributed by atoms with Gasteiger partial charge < -0.3 is 9.72 Å². The number of aromatic nitrogens is 4. The summed E-state index contributed by atoms with van der Waals surface area (Å²) in [6.45, 7) is 0.